The molecule has 4 heteroatoms. The third-order valence-corrected chi connectivity index (χ3v) is 3.52. The smallest absolute Gasteiger partial charge is 0.231 e. The second-order valence-electron chi connectivity index (χ2n) is 4.50. The Kier molecular flexibility index (Phi) is 4.54. The van der Waals surface area contributed by atoms with Crippen LogP contribution >= 0.6 is 12.4 Å². The summed E-state index contributed by atoms with van der Waals surface area (Å²) in [6.07, 6.45) is 2.13. The number of amides is 1. The molecule has 0 radical (unpaired) electrons. The van der Waals surface area contributed by atoms with Gasteiger partial charge >= 0.3 is 0 Å². The fourth-order valence-electron chi connectivity index (χ4n) is 2.40. The molecule has 1 aliphatic carbocycles. The van der Waals surface area contributed by atoms with Crippen LogP contribution in [-0.4, -0.2) is 18.0 Å². The highest BCUT2D eigenvalue weighted by Gasteiger charge is 2.52. The Balaban J connectivity index is 0.00000144. The average molecular weight is 255 g/mol. The first kappa shape index (κ1) is 14.0. The Bertz CT molecular complexity index is 382. The summed E-state index contributed by atoms with van der Waals surface area (Å²) < 4.78 is 0. The van der Waals surface area contributed by atoms with E-state index in [-0.39, 0.29) is 30.4 Å². The van der Waals surface area contributed by atoms with Crippen LogP contribution in [0.2, 0.25) is 0 Å². The number of hydrogen-bond acceptors (Lipinski definition) is 2. The molecule has 1 aromatic rings. The van der Waals surface area contributed by atoms with E-state index >= 15 is 0 Å². The molecule has 1 aromatic carbocycles. The van der Waals surface area contributed by atoms with Crippen molar-refractivity contribution in [2.75, 3.05) is 6.54 Å². The molecule has 1 saturated carbocycles. The maximum Gasteiger partial charge on any atom is 0.231 e. The molecule has 2 rings (SSSR count). The molecular weight excluding hydrogens is 236 g/mol. The quantitative estimate of drug-likeness (QED) is 0.842. The number of benzene rings is 1. The lowest BCUT2D eigenvalue weighted by Gasteiger charge is -2.16. The molecule has 17 heavy (non-hydrogen) atoms. The van der Waals surface area contributed by atoms with Crippen molar-refractivity contribution < 1.29 is 4.79 Å². The third kappa shape index (κ3) is 2.99. The van der Waals surface area contributed by atoms with E-state index in [0.29, 0.717) is 5.92 Å². The van der Waals surface area contributed by atoms with Gasteiger partial charge in [0.1, 0.15) is 0 Å². The fraction of sp³-hybridized carbons (Fsp3) is 0.462. The molecule has 0 aromatic heterocycles. The van der Waals surface area contributed by atoms with E-state index in [1.165, 1.54) is 5.56 Å². The van der Waals surface area contributed by atoms with Crippen molar-refractivity contribution in [1.82, 2.24) is 5.32 Å². The van der Waals surface area contributed by atoms with Crippen LogP contribution in [0.5, 0.6) is 0 Å². The van der Waals surface area contributed by atoms with Crippen molar-refractivity contribution in [3.63, 3.8) is 0 Å². The van der Waals surface area contributed by atoms with Crippen molar-refractivity contribution in [3.05, 3.63) is 35.9 Å². The number of carbonyl (C=O) groups excluding carboxylic acids is 1. The molecule has 0 bridgehead atoms. The Morgan fingerprint density at radius 2 is 2.12 bits per heavy atom. The molecule has 2 atom stereocenters. The van der Waals surface area contributed by atoms with Crippen molar-refractivity contribution in [2.45, 2.75) is 31.2 Å². The van der Waals surface area contributed by atoms with Gasteiger partial charge in [-0.05, 0) is 18.4 Å². The van der Waals surface area contributed by atoms with Crippen LogP contribution in [0.4, 0.5) is 0 Å². The summed E-state index contributed by atoms with van der Waals surface area (Å²) in [6.45, 7) is 2.42. The molecule has 3 nitrogen and oxygen atoms in total. The SMILES string of the molecule is CC[C@@]1(NCC(N)=O)C[C@H]1c1ccccc1.Cl. The van der Waals surface area contributed by atoms with Crippen LogP contribution in [0.15, 0.2) is 30.3 Å². The number of nitrogens with two attached hydrogens (primary N) is 1. The lowest BCUT2D eigenvalue weighted by molar-refractivity contribution is -0.117. The highest BCUT2D eigenvalue weighted by Crippen LogP contribution is 2.53. The number of halogens is 1. The average Bonchev–Trinajstić information content (AvgIpc) is 3.03. The minimum absolute atomic E-state index is 0. The maximum absolute atomic E-state index is 10.8. The second kappa shape index (κ2) is 5.52. The van der Waals surface area contributed by atoms with Gasteiger partial charge in [-0.25, -0.2) is 0 Å². The summed E-state index contributed by atoms with van der Waals surface area (Å²) in [5, 5.41) is 3.29. The van der Waals surface area contributed by atoms with Crippen molar-refractivity contribution >= 4 is 18.3 Å². The van der Waals surface area contributed by atoms with E-state index in [1.807, 2.05) is 6.07 Å². The normalized spacial score (nSPS) is 26.1. The number of carbonyl (C=O) groups is 1. The number of primary amides is 1. The fourth-order valence-corrected chi connectivity index (χ4v) is 2.40. The lowest BCUT2D eigenvalue weighted by atomic mass is 10.0. The minimum Gasteiger partial charge on any atom is -0.369 e. The molecule has 3 N–H and O–H groups in total. The topological polar surface area (TPSA) is 55.1 Å². The predicted molar refractivity (Wildman–Crippen MR) is 71.3 cm³/mol. The maximum atomic E-state index is 10.8. The van der Waals surface area contributed by atoms with Crippen LogP contribution in [0, 0.1) is 0 Å². The predicted octanol–water partition coefficient (Wildman–Crippen LogP) is 1.82. The largest absolute Gasteiger partial charge is 0.369 e. The van der Waals surface area contributed by atoms with Gasteiger partial charge in [0, 0.05) is 11.5 Å². The molecule has 0 spiro atoms. The highest BCUT2D eigenvalue weighted by atomic mass is 35.5. The van der Waals surface area contributed by atoms with Crippen LogP contribution in [0.3, 0.4) is 0 Å². The number of nitrogens with one attached hydrogen (secondary N) is 1. The zero-order valence-electron chi connectivity index (χ0n) is 9.98. The van der Waals surface area contributed by atoms with E-state index < -0.39 is 0 Å². The van der Waals surface area contributed by atoms with Crippen molar-refractivity contribution in [3.8, 4) is 0 Å². The molecule has 0 saturated heterocycles. The third-order valence-electron chi connectivity index (χ3n) is 3.52. The Morgan fingerprint density at radius 3 is 2.65 bits per heavy atom. The van der Waals surface area contributed by atoms with Gasteiger partial charge in [-0.1, -0.05) is 37.3 Å². The molecule has 0 aliphatic heterocycles. The summed E-state index contributed by atoms with van der Waals surface area (Å²) in [4.78, 5) is 10.8. The molecule has 0 heterocycles. The Labute approximate surface area is 108 Å². The first-order valence-electron chi connectivity index (χ1n) is 5.76. The zero-order valence-corrected chi connectivity index (χ0v) is 10.8. The summed E-state index contributed by atoms with van der Waals surface area (Å²) in [5.41, 5.74) is 6.61. The molecule has 1 amide bonds. The first-order valence-corrected chi connectivity index (χ1v) is 5.76. The highest BCUT2D eigenvalue weighted by molar-refractivity contribution is 5.85. The summed E-state index contributed by atoms with van der Waals surface area (Å²) >= 11 is 0. The van der Waals surface area contributed by atoms with Gasteiger partial charge in [-0.15, -0.1) is 12.4 Å². The van der Waals surface area contributed by atoms with E-state index in [2.05, 4.69) is 36.5 Å². The summed E-state index contributed by atoms with van der Waals surface area (Å²) in [5.74, 6) is 0.240. The summed E-state index contributed by atoms with van der Waals surface area (Å²) in [7, 11) is 0. The van der Waals surface area contributed by atoms with Crippen LogP contribution < -0.4 is 11.1 Å². The van der Waals surface area contributed by atoms with Gasteiger partial charge in [-0.2, -0.15) is 0 Å². The van der Waals surface area contributed by atoms with E-state index in [4.69, 9.17) is 5.73 Å². The Morgan fingerprint density at radius 1 is 1.47 bits per heavy atom. The molecule has 1 aliphatic rings. The zero-order chi connectivity index (χ0) is 11.6. The van der Waals surface area contributed by atoms with Crippen LogP contribution in [0.25, 0.3) is 0 Å². The van der Waals surface area contributed by atoms with Gasteiger partial charge in [0.2, 0.25) is 5.91 Å². The molecular formula is C13H19ClN2O. The first-order chi connectivity index (χ1) is 7.68. The minimum atomic E-state index is -0.286. The van der Waals surface area contributed by atoms with Crippen molar-refractivity contribution in [1.29, 1.82) is 0 Å². The van der Waals surface area contributed by atoms with Gasteiger partial charge in [-0.3, -0.25) is 4.79 Å². The van der Waals surface area contributed by atoms with Gasteiger partial charge in [0.05, 0.1) is 6.54 Å². The molecule has 1 fully saturated rings. The van der Waals surface area contributed by atoms with Gasteiger partial charge < -0.3 is 11.1 Å². The van der Waals surface area contributed by atoms with Gasteiger partial charge in [0.15, 0.2) is 0 Å². The number of rotatable bonds is 5. The van der Waals surface area contributed by atoms with Crippen LogP contribution in [0.1, 0.15) is 31.2 Å². The van der Waals surface area contributed by atoms with E-state index in [9.17, 15) is 4.79 Å². The van der Waals surface area contributed by atoms with Crippen LogP contribution in [-0.2, 0) is 4.79 Å². The standard InChI is InChI=1S/C13H18N2O.ClH/c1-2-13(15-9-12(14)16)8-11(13)10-6-4-3-5-7-10;/h3-7,11,15H,2,8-9H2,1H3,(H2,14,16);1H/t11-,13+;/m0./s1. The monoisotopic (exact) mass is 254 g/mol. The summed E-state index contributed by atoms with van der Waals surface area (Å²) in [6, 6.07) is 10.4. The Hall–Kier alpha value is -1.06. The van der Waals surface area contributed by atoms with E-state index in [0.717, 1.165) is 12.8 Å². The van der Waals surface area contributed by atoms with Crippen molar-refractivity contribution in [2.24, 2.45) is 5.73 Å². The second-order valence-corrected chi connectivity index (χ2v) is 4.50. The van der Waals surface area contributed by atoms with Gasteiger partial charge in [0.25, 0.3) is 0 Å². The molecule has 94 valence electrons. The number of hydrogen-bond donors (Lipinski definition) is 2. The molecule has 0 unspecified atom stereocenters. The lowest BCUT2D eigenvalue weighted by Crippen LogP contribution is -2.39. The van der Waals surface area contributed by atoms with E-state index in [1.54, 1.807) is 0 Å².